The van der Waals surface area contributed by atoms with Crippen LogP contribution in [0.15, 0.2) is 30.5 Å². The van der Waals surface area contributed by atoms with Crippen molar-refractivity contribution in [2.45, 2.75) is 25.4 Å². The second kappa shape index (κ2) is 5.12. The third-order valence-electron chi connectivity index (χ3n) is 4.05. The van der Waals surface area contributed by atoms with Crippen LogP contribution < -0.4 is 5.32 Å². The molecular formula is C15H21N3. The van der Waals surface area contributed by atoms with Gasteiger partial charge in [-0.3, -0.25) is 0 Å². The molecule has 1 aliphatic heterocycles. The summed E-state index contributed by atoms with van der Waals surface area (Å²) in [7, 11) is 2.23. The second-order valence-corrected chi connectivity index (χ2v) is 5.26. The molecule has 1 unspecified atom stereocenters. The van der Waals surface area contributed by atoms with E-state index in [1.54, 1.807) is 0 Å². The third kappa shape index (κ3) is 2.28. The molecule has 0 amide bonds. The largest absolute Gasteiger partial charge is 0.361 e. The molecule has 3 rings (SSSR count). The van der Waals surface area contributed by atoms with Crippen LogP contribution in [-0.4, -0.2) is 36.1 Å². The Hall–Kier alpha value is -1.32. The maximum absolute atomic E-state index is 3.60. The highest BCUT2D eigenvalue weighted by molar-refractivity contribution is 5.82. The van der Waals surface area contributed by atoms with Gasteiger partial charge in [-0.25, -0.2) is 0 Å². The van der Waals surface area contributed by atoms with Crippen molar-refractivity contribution in [1.82, 2.24) is 15.2 Å². The Kier molecular flexibility index (Phi) is 3.35. The first-order chi connectivity index (χ1) is 8.84. The number of likely N-dealkylation sites (tertiary alicyclic amines) is 1. The van der Waals surface area contributed by atoms with E-state index in [0.29, 0.717) is 0 Å². The van der Waals surface area contributed by atoms with Crippen LogP contribution in [0.3, 0.4) is 0 Å². The van der Waals surface area contributed by atoms with Gasteiger partial charge in [0.25, 0.3) is 0 Å². The fraction of sp³-hybridized carbons (Fsp3) is 0.467. The summed E-state index contributed by atoms with van der Waals surface area (Å²) in [4.78, 5) is 5.72. The van der Waals surface area contributed by atoms with Gasteiger partial charge in [0.1, 0.15) is 0 Å². The average Bonchev–Trinajstić information content (AvgIpc) is 2.99. The third-order valence-corrected chi connectivity index (χ3v) is 4.05. The van der Waals surface area contributed by atoms with E-state index in [0.717, 1.165) is 19.1 Å². The number of nitrogens with zero attached hydrogens (tertiary/aromatic N) is 1. The molecule has 1 aromatic heterocycles. The predicted molar refractivity (Wildman–Crippen MR) is 75.7 cm³/mol. The van der Waals surface area contributed by atoms with Crippen molar-refractivity contribution in [2.75, 3.05) is 20.1 Å². The zero-order valence-corrected chi connectivity index (χ0v) is 10.9. The SMILES string of the molecule is CN1CCCC1CNCc1cccc2[nH]ccc12. The van der Waals surface area contributed by atoms with Crippen LogP contribution >= 0.6 is 0 Å². The molecule has 0 bridgehead atoms. The van der Waals surface area contributed by atoms with E-state index in [4.69, 9.17) is 0 Å². The van der Waals surface area contributed by atoms with Gasteiger partial charge in [-0.05, 0) is 44.1 Å². The maximum atomic E-state index is 3.60. The highest BCUT2D eigenvalue weighted by atomic mass is 15.2. The van der Waals surface area contributed by atoms with E-state index >= 15 is 0 Å². The smallest absolute Gasteiger partial charge is 0.0457 e. The van der Waals surface area contributed by atoms with Gasteiger partial charge in [0.05, 0.1) is 0 Å². The van der Waals surface area contributed by atoms with Crippen LogP contribution in [0.25, 0.3) is 10.9 Å². The lowest BCUT2D eigenvalue weighted by Gasteiger charge is -2.19. The van der Waals surface area contributed by atoms with E-state index in [1.807, 2.05) is 6.20 Å². The number of nitrogens with one attached hydrogen (secondary N) is 2. The second-order valence-electron chi connectivity index (χ2n) is 5.26. The summed E-state index contributed by atoms with van der Waals surface area (Å²) in [5.74, 6) is 0. The lowest BCUT2D eigenvalue weighted by Crippen LogP contribution is -2.35. The number of hydrogen-bond acceptors (Lipinski definition) is 2. The first-order valence-electron chi connectivity index (χ1n) is 6.80. The monoisotopic (exact) mass is 243 g/mol. The molecule has 1 aromatic carbocycles. The molecule has 18 heavy (non-hydrogen) atoms. The first kappa shape index (κ1) is 11.8. The first-order valence-corrected chi connectivity index (χ1v) is 6.80. The van der Waals surface area contributed by atoms with Crippen molar-refractivity contribution in [2.24, 2.45) is 0 Å². The zero-order valence-electron chi connectivity index (χ0n) is 10.9. The molecule has 3 heteroatoms. The van der Waals surface area contributed by atoms with Gasteiger partial charge in [0.2, 0.25) is 0 Å². The summed E-state index contributed by atoms with van der Waals surface area (Å²) in [6.07, 6.45) is 4.69. The molecule has 0 saturated carbocycles. The number of rotatable bonds is 4. The highest BCUT2D eigenvalue weighted by Crippen LogP contribution is 2.18. The molecule has 1 saturated heterocycles. The lowest BCUT2D eigenvalue weighted by atomic mass is 10.1. The summed E-state index contributed by atoms with van der Waals surface area (Å²) in [6, 6.07) is 9.34. The minimum atomic E-state index is 0.718. The minimum Gasteiger partial charge on any atom is -0.361 e. The Labute approximate surface area is 108 Å². The topological polar surface area (TPSA) is 31.1 Å². The van der Waals surface area contributed by atoms with Crippen molar-refractivity contribution in [3.8, 4) is 0 Å². The molecule has 1 atom stereocenters. The fourth-order valence-electron chi connectivity index (χ4n) is 2.92. The number of hydrogen-bond donors (Lipinski definition) is 2. The average molecular weight is 243 g/mol. The van der Waals surface area contributed by atoms with E-state index in [2.05, 4.69) is 46.5 Å². The Morgan fingerprint density at radius 2 is 2.33 bits per heavy atom. The summed E-state index contributed by atoms with van der Waals surface area (Å²) in [5.41, 5.74) is 2.61. The lowest BCUT2D eigenvalue weighted by molar-refractivity contribution is 0.300. The Morgan fingerprint density at radius 3 is 3.17 bits per heavy atom. The number of aromatic amines is 1. The number of H-pyrrole nitrogens is 1. The molecule has 0 radical (unpaired) electrons. The van der Waals surface area contributed by atoms with Crippen molar-refractivity contribution < 1.29 is 0 Å². The van der Waals surface area contributed by atoms with E-state index in [9.17, 15) is 0 Å². The van der Waals surface area contributed by atoms with Gasteiger partial charge in [-0.15, -0.1) is 0 Å². The van der Waals surface area contributed by atoms with Gasteiger partial charge in [-0.2, -0.15) is 0 Å². The Bertz CT molecular complexity index is 517. The number of fused-ring (bicyclic) bond motifs is 1. The van der Waals surface area contributed by atoms with E-state index < -0.39 is 0 Å². The van der Waals surface area contributed by atoms with Crippen LogP contribution in [0, 0.1) is 0 Å². The predicted octanol–water partition coefficient (Wildman–Crippen LogP) is 2.35. The summed E-state index contributed by atoms with van der Waals surface area (Å²) in [6.45, 7) is 3.30. The van der Waals surface area contributed by atoms with E-state index in [-0.39, 0.29) is 0 Å². The van der Waals surface area contributed by atoms with Crippen molar-refractivity contribution in [3.05, 3.63) is 36.0 Å². The normalized spacial score (nSPS) is 20.8. The quantitative estimate of drug-likeness (QED) is 0.863. The Balaban J connectivity index is 1.61. The molecule has 2 heterocycles. The number of aromatic nitrogens is 1. The van der Waals surface area contributed by atoms with Gasteiger partial charge in [-0.1, -0.05) is 12.1 Å². The summed E-state index contributed by atoms with van der Waals surface area (Å²) in [5, 5.41) is 4.94. The minimum absolute atomic E-state index is 0.718. The molecule has 2 N–H and O–H groups in total. The zero-order chi connectivity index (χ0) is 12.4. The van der Waals surface area contributed by atoms with Crippen molar-refractivity contribution in [3.63, 3.8) is 0 Å². The van der Waals surface area contributed by atoms with Crippen LogP contribution in [0.2, 0.25) is 0 Å². The molecule has 96 valence electrons. The van der Waals surface area contributed by atoms with Gasteiger partial charge >= 0.3 is 0 Å². The van der Waals surface area contributed by atoms with Crippen LogP contribution in [0.4, 0.5) is 0 Å². The highest BCUT2D eigenvalue weighted by Gasteiger charge is 2.19. The molecule has 2 aromatic rings. The summed E-state index contributed by atoms with van der Waals surface area (Å²) < 4.78 is 0. The fourth-order valence-corrected chi connectivity index (χ4v) is 2.92. The van der Waals surface area contributed by atoms with Crippen molar-refractivity contribution in [1.29, 1.82) is 0 Å². The number of benzene rings is 1. The van der Waals surface area contributed by atoms with Crippen LogP contribution in [0.1, 0.15) is 18.4 Å². The van der Waals surface area contributed by atoms with E-state index in [1.165, 1.54) is 35.9 Å². The van der Waals surface area contributed by atoms with Gasteiger partial charge < -0.3 is 15.2 Å². The molecular weight excluding hydrogens is 222 g/mol. The molecule has 1 fully saturated rings. The standard InChI is InChI=1S/C15H21N3/c1-18-9-3-5-13(18)11-16-10-12-4-2-6-15-14(12)7-8-17-15/h2,4,6-8,13,16-17H,3,5,9-11H2,1H3. The summed E-state index contributed by atoms with van der Waals surface area (Å²) >= 11 is 0. The molecule has 0 spiro atoms. The van der Waals surface area contributed by atoms with Gasteiger partial charge in [0.15, 0.2) is 0 Å². The molecule has 3 nitrogen and oxygen atoms in total. The number of likely N-dealkylation sites (N-methyl/N-ethyl adjacent to an activating group) is 1. The maximum Gasteiger partial charge on any atom is 0.0457 e. The van der Waals surface area contributed by atoms with Crippen molar-refractivity contribution >= 4 is 10.9 Å². The molecule has 1 aliphatic rings. The van der Waals surface area contributed by atoms with Gasteiger partial charge in [0, 0.05) is 36.2 Å². The van der Waals surface area contributed by atoms with Crippen LogP contribution in [0.5, 0.6) is 0 Å². The Morgan fingerprint density at radius 1 is 1.39 bits per heavy atom. The van der Waals surface area contributed by atoms with Crippen LogP contribution in [-0.2, 0) is 6.54 Å². The molecule has 0 aliphatic carbocycles.